The molecule has 346 valence electrons. The zero-order valence-corrected chi connectivity index (χ0v) is 38.7. The lowest BCUT2D eigenvalue weighted by molar-refractivity contribution is -0.140. The zero-order valence-electron chi connectivity index (χ0n) is 38.7. The van der Waals surface area contributed by atoms with Gasteiger partial charge in [-0.05, 0) is 124 Å². The highest BCUT2D eigenvalue weighted by Crippen LogP contribution is 2.43. The number of aromatic amines is 1. The third-order valence-corrected chi connectivity index (χ3v) is 14.5. The number of amides is 3. The van der Waals surface area contributed by atoms with E-state index >= 15 is 0 Å². The molecule has 5 aliphatic rings. The maximum atomic E-state index is 14.6. The van der Waals surface area contributed by atoms with E-state index < -0.39 is 18.2 Å². The van der Waals surface area contributed by atoms with E-state index in [1.807, 2.05) is 52.5 Å². The SMILES string of the molecule is C=C(N[C@@H](C(=O)N1[C@@H](C)CC[C@H]1c1ncc(-c2ccc(-c3ccc(C4=CN=C([C@@H]5CC[C@H](C)N5C(=O)[C@@H](NC(=O)OC)[C@H]5C[C@@H](C)O[C@H](C6CC6)C5)C4)cc3)cc2)[nH]1)c1ccccc1)OC. The van der Waals surface area contributed by atoms with Gasteiger partial charge in [-0.3, -0.25) is 14.6 Å². The maximum Gasteiger partial charge on any atom is 0.407 e. The Labute approximate surface area is 388 Å². The Morgan fingerprint density at radius 1 is 0.758 bits per heavy atom. The van der Waals surface area contributed by atoms with Crippen LogP contribution in [-0.2, 0) is 23.8 Å². The van der Waals surface area contributed by atoms with Gasteiger partial charge in [0.1, 0.15) is 17.9 Å². The summed E-state index contributed by atoms with van der Waals surface area (Å²) >= 11 is 0. The molecule has 4 aromatic rings. The Bertz CT molecular complexity index is 2460. The summed E-state index contributed by atoms with van der Waals surface area (Å²) in [5.74, 6) is 1.50. The molecule has 4 fully saturated rings. The van der Waals surface area contributed by atoms with Crippen LogP contribution in [0.2, 0.25) is 0 Å². The molecule has 0 radical (unpaired) electrons. The van der Waals surface area contributed by atoms with Gasteiger partial charge >= 0.3 is 6.09 Å². The maximum absolute atomic E-state index is 14.6. The number of nitrogens with one attached hydrogen (secondary N) is 3. The standard InChI is InChI=1S/C53H63N7O6/c1-31-12-24-45(59(31)52(62)49(58-53(63)65-6)41-26-33(3)66-47(28-41)39-22-23-39)43-27-42(29-54-43)37-16-14-35(15-17-37)36-18-20-38(21-19-36)44-30-55-50(57-44)46-25-13-32(2)60(46)51(61)48(56-34(4)64-5)40-10-8-7-9-11-40/h7-11,14-21,29-33,39,41,45-49,56H,4,12-13,22-28H2,1-3,5-6H3,(H,55,57)(H,58,63)/t31-,32-,33+,41-,45-,46-,47-,48+,49-/m0/s1. The molecule has 1 saturated carbocycles. The number of alkyl carbamates (subject to hydrolysis) is 1. The number of benzene rings is 3. The van der Waals surface area contributed by atoms with Crippen LogP contribution in [0.15, 0.2) is 109 Å². The molecule has 3 N–H and O–H groups in total. The molecule has 0 unspecified atom stereocenters. The largest absolute Gasteiger partial charge is 0.483 e. The van der Waals surface area contributed by atoms with E-state index in [1.54, 1.807) is 0 Å². The van der Waals surface area contributed by atoms with Crippen LogP contribution >= 0.6 is 0 Å². The zero-order chi connectivity index (χ0) is 46.1. The van der Waals surface area contributed by atoms with Crippen molar-refractivity contribution in [1.29, 1.82) is 0 Å². The van der Waals surface area contributed by atoms with Crippen molar-refractivity contribution in [2.24, 2.45) is 16.8 Å². The first-order chi connectivity index (χ1) is 32.0. The van der Waals surface area contributed by atoms with Gasteiger partial charge in [0.25, 0.3) is 5.91 Å². The molecule has 1 aromatic heterocycles. The highest BCUT2D eigenvalue weighted by molar-refractivity contribution is 6.04. The van der Waals surface area contributed by atoms with Crippen molar-refractivity contribution in [1.82, 2.24) is 30.4 Å². The predicted molar refractivity (Wildman–Crippen MR) is 255 cm³/mol. The second kappa shape index (κ2) is 19.3. The van der Waals surface area contributed by atoms with Gasteiger partial charge in [0.2, 0.25) is 5.91 Å². The van der Waals surface area contributed by atoms with Crippen LogP contribution in [0.3, 0.4) is 0 Å². The summed E-state index contributed by atoms with van der Waals surface area (Å²) < 4.78 is 16.6. The Morgan fingerprint density at radius 2 is 1.39 bits per heavy atom. The first-order valence-electron chi connectivity index (χ1n) is 23.7. The molecular formula is C53H63N7O6. The third kappa shape index (κ3) is 9.40. The number of methoxy groups -OCH3 is 2. The molecule has 5 heterocycles. The van der Waals surface area contributed by atoms with E-state index in [2.05, 4.69) is 91.5 Å². The molecular weight excluding hydrogens is 831 g/mol. The van der Waals surface area contributed by atoms with Crippen molar-refractivity contribution in [3.8, 4) is 22.4 Å². The lowest BCUT2D eigenvalue weighted by atomic mass is 9.83. The summed E-state index contributed by atoms with van der Waals surface area (Å²) in [5, 5.41) is 6.14. The Balaban J connectivity index is 0.841. The number of imidazole rings is 1. The summed E-state index contributed by atoms with van der Waals surface area (Å²) in [6.45, 7) is 10.2. The van der Waals surface area contributed by atoms with Gasteiger partial charge in [0.15, 0.2) is 5.88 Å². The molecule has 9 atom stereocenters. The van der Waals surface area contributed by atoms with Crippen LogP contribution in [0, 0.1) is 11.8 Å². The van der Waals surface area contributed by atoms with E-state index in [-0.39, 0.29) is 54.1 Å². The fourth-order valence-corrected chi connectivity index (χ4v) is 10.8. The molecule has 3 aromatic carbocycles. The minimum Gasteiger partial charge on any atom is -0.483 e. The van der Waals surface area contributed by atoms with Gasteiger partial charge in [-0.2, -0.15) is 0 Å². The van der Waals surface area contributed by atoms with Crippen molar-refractivity contribution < 1.29 is 28.6 Å². The highest BCUT2D eigenvalue weighted by atomic mass is 16.5. The summed E-state index contributed by atoms with van der Waals surface area (Å²) in [4.78, 5) is 58.8. The number of H-pyrrole nitrogens is 1. The fraction of sp³-hybridized carbons (Fsp3) is 0.453. The van der Waals surface area contributed by atoms with E-state index in [1.165, 1.54) is 14.2 Å². The summed E-state index contributed by atoms with van der Waals surface area (Å²) in [6.07, 6.45) is 11.2. The van der Waals surface area contributed by atoms with E-state index in [0.29, 0.717) is 24.6 Å². The second-order valence-electron chi connectivity index (χ2n) is 18.9. The molecule has 13 nitrogen and oxygen atoms in total. The molecule has 13 heteroatoms. The fourth-order valence-electron chi connectivity index (χ4n) is 10.8. The minimum absolute atomic E-state index is 0.0214. The number of carbonyl (C=O) groups is 3. The summed E-state index contributed by atoms with van der Waals surface area (Å²) in [6, 6.07) is 25.1. The number of hydrogen-bond acceptors (Lipinski definition) is 9. The molecule has 4 aliphatic heterocycles. The Kier molecular flexibility index (Phi) is 13.2. The number of rotatable bonds is 14. The van der Waals surface area contributed by atoms with Crippen LogP contribution in [0.25, 0.3) is 28.0 Å². The lowest BCUT2D eigenvalue weighted by Crippen LogP contribution is -2.57. The molecule has 1 aliphatic carbocycles. The van der Waals surface area contributed by atoms with Gasteiger partial charge in [-0.25, -0.2) is 9.78 Å². The van der Waals surface area contributed by atoms with Crippen LogP contribution in [0.1, 0.15) is 108 Å². The molecule has 0 bridgehead atoms. The second-order valence-corrected chi connectivity index (χ2v) is 18.9. The van der Waals surface area contributed by atoms with Crippen LogP contribution in [0.5, 0.6) is 0 Å². The average molecular weight is 894 g/mol. The van der Waals surface area contributed by atoms with Gasteiger partial charge < -0.3 is 39.6 Å². The van der Waals surface area contributed by atoms with Crippen LogP contribution in [0.4, 0.5) is 4.79 Å². The Morgan fingerprint density at radius 3 is 2.05 bits per heavy atom. The van der Waals surface area contributed by atoms with Gasteiger partial charge in [-0.15, -0.1) is 0 Å². The lowest BCUT2D eigenvalue weighted by Gasteiger charge is -2.40. The molecule has 3 amide bonds. The predicted octanol–water partition coefficient (Wildman–Crippen LogP) is 9.13. The number of likely N-dealkylation sites (tertiary alicyclic amines) is 2. The monoisotopic (exact) mass is 893 g/mol. The van der Waals surface area contributed by atoms with Crippen LogP contribution in [-0.4, -0.2) is 94.0 Å². The number of aromatic nitrogens is 2. The van der Waals surface area contributed by atoms with Gasteiger partial charge in [0.05, 0.1) is 50.4 Å². The van der Waals surface area contributed by atoms with Gasteiger partial charge in [0, 0.05) is 30.4 Å². The number of aliphatic imine (C=N–C) groups is 1. The van der Waals surface area contributed by atoms with Crippen molar-refractivity contribution >= 4 is 29.2 Å². The number of hydrogen-bond donors (Lipinski definition) is 3. The van der Waals surface area contributed by atoms with E-state index in [4.69, 9.17) is 24.2 Å². The Hall–Kier alpha value is -6.21. The molecule has 66 heavy (non-hydrogen) atoms. The van der Waals surface area contributed by atoms with Crippen LogP contribution < -0.4 is 10.6 Å². The summed E-state index contributed by atoms with van der Waals surface area (Å²) in [5.41, 5.74) is 8.12. The number of nitrogens with zero attached hydrogens (tertiary/aromatic N) is 4. The number of ether oxygens (including phenoxy) is 3. The summed E-state index contributed by atoms with van der Waals surface area (Å²) in [7, 11) is 2.88. The molecule has 0 spiro atoms. The smallest absolute Gasteiger partial charge is 0.407 e. The number of allylic oxidation sites excluding steroid dienone is 1. The first kappa shape index (κ1) is 45.0. The van der Waals surface area contributed by atoms with E-state index in [9.17, 15) is 14.4 Å². The first-order valence-corrected chi connectivity index (χ1v) is 23.7. The molecule has 9 rings (SSSR count). The quantitative estimate of drug-likeness (QED) is 0.106. The highest BCUT2D eigenvalue weighted by Gasteiger charge is 2.47. The normalized spacial score (nSPS) is 26.0. The van der Waals surface area contributed by atoms with Crippen molar-refractivity contribution in [2.75, 3.05) is 14.2 Å². The average Bonchev–Trinajstić information content (AvgIpc) is 3.63. The minimum atomic E-state index is -0.685. The van der Waals surface area contributed by atoms with Crippen molar-refractivity contribution in [2.45, 2.75) is 127 Å². The van der Waals surface area contributed by atoms with E-state index in [0.717, 1.165) is 95.6 Å². The third-order valence-electron chi connectivity index (χ3n) is 14.5. The van der Waals surface area contributed by atoms with Crippen molar-refractivity contribution in [3.05, 3.63) is 121 Å². The topological polar surface area (TPSA) is 150 Å². The van der Waals surface area contributed by atoms with Crippen molar-refractivity contribution in [3.63, 3.8) is 0 Å². The molecule has 3 saturated heterocycles. The number of carbonyl (C=O) groups excluding carboxylic acids is 3. The van der Waals surface area contributed by atoms with Gasteiger partial charge in [-0.1, -0.05) is 78.9 Å².